The zero-order chi connectivity index (χ0) is 17.4. The van der Waals surface area contributed by atoms with E-state index in [9.17, 15) is 9.90 Å². The number of carbonyl (C=O) groups is 1. The fraction of sp³-hybridized carbons (Fsp3) is 0.250. The highest BCUT2D eigenvalue weighted by Crippen LogP contribution is 2.45. The summed E-state index contributed by atoms with van der Waals surface area (Å²) in [6.45, 7) is 1.96. The fourth-order valence-corrected chi connectivity index (χ4v) is 4.94. The van der Waals surface area contributed by atoms with Crippen LogP contribution >= 0.6 is 50.5 Å². The summed E-state index contributed by atoms with van der Waals surface area (Å²) in [6.07, 6.45) is 0.660. The molecule has 8 heteroatoms. The van der Waals surface area contributed by atoms with Crippen LogP contribution < -0.4 is 5.01 Å². The van der Waals surface area contributed by atoms with E-state index in [1.54, 1.807) is 34.5 Å². The lowest BCUT2D eigenvalue weighted by atomic mass is 9.91. The minimum atomic E-state index is -1.00. The van der Waals surface area contributed by atoms with Gasteiger partial charge in [0.1, 0.15) is 0 Å². The van der Waals surface area contributed by atoms with E-state index in [2.05, 4.69) is 21.0 Å². The Morgan fingerprint density at radius 2 is 2.12 bits per heavy atom. The summed E-state index contributed by atoms with van der Waals surface area (Å²) >= 11 is 17.3. The van der Waals surface area contributed by atoms with Gasteiger partial charge in [-0.05, 0) is 52.7 Å². The normalized spacial score (nSPS) is 20.3. The lowest BCUT2D eigenvalue weighted by Crippen LogP contribution is -2.27. The first kappa shape index (κ1) is 17.7. The number of halogens is 3. The minimum absolute atomic E-state index is 0.151. The second-order valence-electron chi connectivity index (χ2n) is 5.33. The number of rotatable bonds is 4. The van der Waals surface area contributed by atoms with E-state index >= 15 is 0 Å². The van der Waals surface area contributed by atoms with Crippen LogP contribution in [0.4, 0.5) is 5.69 Å². The number of hydrogen-bond donors (Lipinski definition) is 1. The average molecular weight is 448 g/mol. The average Bonchev–Trinajstić information content (AvgIpc) is 3.10. The van der Waals surface area contributed by atoms with E-state index in [1.165, 1.54) is 0 Å². The van der Waals surface area contributed by atoms with E-state index in [-0.39, 0.29) is 17.7 Å². The second-order valence-corrected chi connectivity index (χ2v) is 8.67. The number of thiophene rings is 1. The highest BCUT2D eigenvalue weighted by molar-refractivity contribution is 9.11. The molecular weight excluding hydrogens is 435 g/mol. The van der Waals surface area contributed by atoms with Crippen molar-refractivity contribution < 1.29 is 9.90 Å². The fourth-order valence-electron chi connectivity index (χ4n) is 2.87. The number of benzene rings is 1. The summed E-state index contributed by atoms with van der Waals surface area (Å²) in [5.41, 5.74) is 0.795. The zero-order valence-corrected chi connectivity index (χ0v) is 16.5. The van der Waals surface area contributed by atoms with Crippen molar-refractivity contribution >= 4 is 67.8 Å². The monoisotopic (exact) mass is 446 g/mol. The van der Waals surface area contributed by atoms with E-state index in [1.807, 2.05) is 19.1 Å². The number of anilines is 1. The molecule has 0 fully saturated rings. The summed E-state index contributed by atoms with van der Waals surface area (Å²) in [6, 6.07) is 8.85. The zero-order valence-electron chi connectivity index (χ0n) is 12.5. The van der Waals surface area contributed by atoms with Crippen molar-refractivity contribution in [1.29, 1.82) is 0 Å². The maximum absolute atomic E-state index is 11.7. The highest BCUT2D eigenvalue weighted by atomic mass is 79.9. The van der Waals surface area contributed by atoms with Crippen LogP contribution in [0.15, 0.2) is 39.2 Å². The molecule has 24 heavy (non-hydrogen) atoms. The Hall–Kier alpha value is -1.08. The molecule has 0 aliphatic carbocycles. The quantitative estimate of drug-likeness (QED) is 0.639. The van der Waals surface area contributed by atoms with Gasteiger partial charge in [-0.2, -0.15) is 5.10 Å². The van der Waals surface area contributed by atoms with E-state index in [4.69, 9.17) is 23.2 Å². The van der Waals surface area contributed by atoms with Crippen LogP contribution in [0.2, 0.25) is 10.0 Å². The van der Waals surface area contributed by atoms with E-state index < -0.39 is 5.97 Å². The van der Waals surface area contributed by atoms with Crippen LogP contribution in [0, 0.1) is 5.92 Å². The molecule has 1 N–H and O–H groups in total. The van der Waals surface area contributed by atoms with Gasteiger partial charge in [0, 0.05) is 15.8 Å². The summed E-state index contributed by atoms with van der Waals surface area (Å²) < 4.78 is 0.985. The molecule has 126 valence electrons. The molecule has 0 unspecified atom stereocenters. The molecule has 0 bridgehead atoms. The van der Waals surface area contributed by atoms with Crippen molar-refractivity contribution in [2.75, 3.05) is 5.01 Å². The Kier molecular flexibility index (Phi) is 5.20. The van der Waals surface area contributed by atoms with Crippen molar-refractivity contribution in [2.45, 2.75) is 19.4 Å². The predicted octanol–water partition coefficient (Wildman–Crippen LogP) is 5.85. The van der Waals surface area contributed by atoms with Gasteiger partial charge in [-0.1, -0.05) is 30.1 Å². The lowest BCUT2D eigenvalue weighted by Gasteiger charge is -2.27. The smallest absolute Gasteiger partial charge is 0.352 e. The maximum atomic E-state index is 11.7. The van der Waals surface area contributed by atoms with Crippen LogP contribution in [0.1, 0.15) is 24.3 Å². The Balaban J connectivity index is 2.13. The van der Waals surface area contributed by atoms with Crippen LogP contribution in [-0.2, 0) is 4.79 Å². The molecule has 2 atom stereocenters. The highest BCUT2D eigenvalue weighted by Gasteiger charge is 2.42. The van der Waals surface area contributed by atoms with Gasteiger partial charge in [0.2, 0.25) is 0 Å². The Morgan fingerprint density at radius 1 is 1.38 bits per heavy atom. The Morgan fingerprint density at radius 3 is 2.67 bits per heavy atom. The molecule has 4 nitrogen and oxygen atoms in total. The summed E-state index contributed by atoms with van der Waals surface area (Å²) in [7, 11) is 0. The van der Waals surface area contributed by atoms with Crippen molar-refractivity contribution in [3.05, 3.63) is 49.0 Å². The molecule has 1 aromatic carbocycles. The third-order valence-electron chi connectivity index (χ3n) is 3.91. The van der Waals surface area contributed by atoms with Crippen molar-refractivity contribution in [3.8, 4) is 0 Å². The van der Waals surface area contributed by atoms with Crippen molar-refractivity contribution in [2.24, 2.45) is 11.0 Å². The Labute approximate surface area is 161 Å². The number of hydrogen-bond acceptors (Lipinski definition) is 4. The molecule has 0 saturated carbocycles. The molecule has 3 rings (SSSR count). The van der Waals surface area contributed by atoms with Crippen LogP contribution in [0.3, 0.4) is 0 Å². The van der Waals surface area contributed by atoms with Crippen molar-refractivity contribution in [1.82, 2.24) is 0 Å². The van der Waals surface area contributed by atoms with Gasteiger partial charge in [0.05, 0.1) is 20.5 Å². The van der Waals surface area contributed by atoms with Gasteiger partial charge in [-0.3, -0.25) is 5.01 Å². The number of carboxylic acids is 1. The first-order chi connectivity index (χ1) is 11.4. The molecule has 0 amide bonds. The lowest BCUT2D eigenvalue weighted by molar-refractivity contribution is -0.129. The summed E-state index contributed by atoms with van der Waals surface area (Å²) in [5, 5.41) is 16.6. The number of nitrogens with zero attached hydrogens (tertiary/aromatic N) is 2. The first-order valence-corrected chi connectivity index (χ1v) is 9.60. The number of hydrazone groups is 1. The van der Waals surface area contributed by atoms with Crippen molar-refractivity contribution in [3.63, 3.8) is 0 Å². The molecule has 0 spiro atoms. The van der Waals surface area contributed by atoms with Gasteiger partial charge in [0.15, 0.2) is 5.71 Å². The molecule has 0 radical (unpaired) electrons. The molecule has 1 aliphatic heterocycles. The second kappa shape index (κ2) is 7.04. The first-order valence-electron chi connectivity index (χ1n) is 7.23. The predicted molar refractivity (Wildman–Crippen MR) is 103 cm³/mol. The molecule has 2 aromatic rings. The SMILES string of the molecule is CC[C@@H]1C(C(=O)O)=NN(c2ccc(Cl)cc2Cl)[C@@H]1c1ccc(Br)s1. The van der Waals surface area contributed by atoms with Gasteiger partial charge in [-0.15, -0.1) is 11.3 Å². The standard InChI is InChI=1S/C16H13BrCl2N2O2S/c1-2-9-14(16(22)23)20-21(11-4-3-8(18)7-10(11)19)15(9)12-5-6-13(17)24-12/h3-7,9,15H,2H2,1H3,(H,22,23)/t9-,15+/m1/s1. The molecule has 2 heterocycles. The maximum Gasteiger partial charge on any atom is 0.352 e. The molecule has 0 saturated heterocycles. The van der Waals surface area contributed by atoms with Gasteiger partial charge < -0.3 is 5.11 Å². The van der Waals surface area contributed by atoms with Crippen LogP contribution in [-0.4, -0.2) is 16.8 Å². The summed E-state index contributed by atoms with van der Waals surface area (Å²) in [4.78, 5) is 12.7. The van der Waals surface area contributed by atoms with E-state index in [0.717, 1.165) is 8.66 Å². The van der Waals surface area contributed by atoms with Gasteiger partial charge in [0.25, 0.3) is 0 Å². The third-order valence-corrected chi connectivity index (χ3v) is 6.14. The van der Waals surface area contributed by atoms with E-state index in [0.29, 0.717) is 22.2 Å². The van der Waals surface area contributed by atoms with Crippen LogP contribution in [0.25, 0.3) is 0 Å². The van der Waals surface area contributed by atoms with Gasteiger partial charge >= 0.3 is 5.97 Å². The third kappa shape index (κ3) is 3.20. The summed E-state index contributed by atoms with van der Waals surface area (Å²) in [5.74, 6) is -1.23. The minimum Gasteiger partial charge on any atom is -0.477 e. The number of carboxylic acid groups (broad SMARTS) is 1. The molecule has 1 aromatic heterocycles. The van der Waals surface area contributed by atoms with Crippen LogP contribution in [0.5, 0.6) is 0 Å². The number of aliphatic carboxylic acids is 1. The van der Waals surface area contributed by atoms with Gasteiger partial charge in [-0.25, -0.2) is 4.79 Å². The topological polar surface area (TPSA) is 52.9 Å². The Bertz CT molecular complexity index is 824. The molecular formula is C16H13BrCl2N2O2S. The largest absolute Gasteiger partial charge is 0.477 e. The molecule has 1 aliphatic rings.